The fourth-order valence-corrected chi connectivity index (χ4v) is 4.49. The van der Waals surface area contributed by atoms with E-state index in [1.807, 2.05) is 30.3 Å². The van der Waals surface area contributed by atoms with Gasteiger partial charge in [-0.3, -0.25) is 0 Å². The van der Waals surface area contributed by atoms with Crippen molar-refractivity contribution in [1.82, 2.24) is 4.31 Å². The van der Waals surface area contributed by atoms with Crippen LogP contribution in [0.3, 0.4) is 0 Å². The predicted octanol–water partition coefficient (Wildman–Crippen LogP) is 1.28. The van der Waals surface area contributed by atoms with Gasteiger partial charge in [-0.05, 0) is 36.2 Å². The lowest BCUT2D eigenvalue weighted by atomic mass is 10.1. The van der Waals surface area contributed by atoms with E-state index in [1.54, 1.807) is 0 Å². The molecule has 0 fully saturated rings. The van der Waals surface area contributed by atoms with E-state index in [1.165, 1.54) is 28.6 Å². The van der Waals surface area contributed by atoms with Gasteiger partial charge in [-0.2, -0.15) is 4.31 Å². The minimum atomic E-state index is -3.74. The molecule has 2 aromatic rings. The minimum absolute atomic E-state index is 0.0569. The predicted molar refractivity (Wildman–Crippen MR) is 97.5 cm³/mol. The van der Waals surface area contributed by atoms with Crippen LogP contribution in [0.4, 0.5) is 0 Å². The maximum absolute atomic E-state index is 12.8. The largest absolute Gasteiger partial charge is 0.329 e. The molecule has 2 N–H and O–H groups in total. The number of sulfone groups is 1. The first-order valence-electron chi connectivity index (χ1n) is 7.79. The second kappa shape index (κ2) is 8.09. The van der Waals surface area contributed by atoms with Crippen molar-refractivity contribution in [2.45, 2.75) is 16.2 Å². The second-order valence-corrected chi connectivity index (χ2v) is 9.63. The van der Waals surface area contributed by atoms with Crippen LogP contribution in [0.15, 0.2) is 64.4 Å². The summed E-state index contributed by atoms with van der Waals surface area (Å²) in [5.41, 5.74) is 6.60. The van der Waals surface area contributed by atoms with Crippen molar-refractivity contribution in [1.29, 1.82) is 0 Å². The standard InChI is InChI=1S/C17H22N2O4S2/c1-24(20,21)16-7-9-17(10-8-16)25(22,23)19(14-12-18)13-11-15-5-3-2-4-6-15/h2-10H,11-14,18H2,1H3. The molecule has 2 aromatic carbocycles. The van der Waals surface area contributed by atoms with Gasteiger partial charge in [-0.25, -0.2) is 16.8 Å². The van der Waals surface area contributed by atoms with Crippen LogP contribution in [0.25, 0.3) is 0 Å². The summed E-state index contributed by atoms with van der Waals surface area (Å²) in [6.45, 7) is 0.704. The first-order valence-corrected chi connectivity index (χ1v) is 11.1. The van der Waals surface area contributed by atoms with Gasteiger partial charge < -0.3 is 5.73 Å². The summed E-state index contributed by atoms with van der Waals surface area (Å²) < 4.78 is 50.0. The van der Waals surface area contributed by atoms with E-state index in [0.717, 1.165) is 11.8 Å². The van der Waals surface area contributed by atoms with Crippen molar-refractivity contribution in [3.8, 4) is 0 Å². The van der Waals surface area contributed by atoms with E-state index in [4.69, 9.17) is 5.73 Å². The van der Waals surface area contributed by atoms with Crippen LogP contribution in [0, 0.1) is 0 Å². The Labute approximate surface area is 149 Å². The van der Waals surface area contributed by atoms with Crippen LogP contribution in [0.5, 0.6) is 0 Å². The number of benzene rings is 2. The molecule has 136 valence electrons. The van der Waals surface area contributed by atoms with Crippen molar-refractivity contribution in [3.63, 3.8) is 0 Å². The van der Waals surface area contributed by atoms with Crippen molar-refractivity contribution in [2.75, 3.05) is 25.9 Å². The van der Waals surface area contributed by atoms with Gasteiger partial charge in [-0.1, -0.05) is 30.3 Å². The van der Waals surface area contributed by atoms with Crippen LogP contribution in [0.2, 0.25) is 0 Å². The second-order valence-electron chi connectivity index (χ2n) is 5.67. The van der Waals surface area contributed by atoms with Gasteiger partial charge >= 0.3 is 0 Å². The molecule has 0 aliphatic carbocycles. The number of sulfonamides is 1. The average Bonchev–Trinajstić information content (AvgIpc) is 2.58. The summed E-state index contributed by atoms with van der Waals surface area (Å²) in [6.07, 6.45) is 1.65. The zero-order valence-electron chi connectivity index (χ0n) is 14.0. The van der Waals surface area contributed by atoms with Crippen molar-refractivity contribution in [3.05, 3.63) is 60.2 Å². The summed E-state index contributed by atoms with van der Waals surface area (Å²) in [5.74, 6) is 0. The smallest absolute Gasteiger partial charge is 0.243 e. The number of hydrogen-bond donors (Lipinski definition) is 1. The van der Waals surface area contributed by atoms with Gasteiger partial charge in [-0.15, -0.1) is 0 Å². The van der Waals surface area contributed by atoms with Gasteiger partial charge in [0.05, 0.1) is 9.79 Å². The van der Waals surface area contributed by atoms with Crippen LogP contribution < -0.4 is 5.73 Å². The van der Waals surface area contributed by atoms with Gasteiger partial charge in [0.1, 0.15) is 0 Å². The van der Waals surface area contributed by atoms with Crippen LogP contribution in [-0.2, 0) is 26.3 Å². The Morgan fingerprint density at radius 3 is 1.92 bits per heavy atom. The molecule has 2 rings (SSSR count). The highest BCUT2D eigenvalue weighted by Gasteiger charge is 2.24. The maximum Gasteiger partial charge on any atom is 0.243 e. The Hall–Kier alpha value is -1.74. The zero-order valence-corrected chi connectivity index (χ0v) is 15.6. The lowest BCUT2D eigenvalue weighted by Gasteiger charge is -2.21. The van der Waals surface area contributed by atoms with Crippen LogP contribution in [0.1, 0.15) is 5.56 Å². The van der Waals surface area contributed by atoms with E-state index in [0.29, 0.717) is 13.0 Å². The Balaban J connectivity index is 2.23. The van der Waals surface area contributed by atoms with Crippen molar-refractivity contribution >= 4 is 19.9 Å². The summed E-state index contributed by atoms with van der Waals surface area (Å²) >= 11 is 0. The molecular weight excluding hydrogens is 360 g/mol. The van der Waals surface area contributed by atoms with Crippen LogP contribution >= 0.6 is 0 Å². The fourth-order valence-electron chi connectivity index (χ4n) is 2.40. The molecule has 0 aliphatic heterocycles. The summed E-state index contributed by atoms with van der Waals surface area (Å²) in [7, 11) is -7.11. The molecule has 0 amide bonds. The summed E-state index contributed by atoms with van der Waals surface area (Å²) in [5, 5.41) is 0. The Morgan fingerprint density at radius 1 is 0.840 bits per heavy atom. The SMILES string of the molecule is CS(=O)(=O)c1ccc(S(=O)(=O)N(CCN)CCc2ccccc2)cc1. The van der Waals surface area contributed by atoms with Crippen LogP contribution in [-0.4, -0.2) is 47.0 Å². The van der Waals surface area contributed by atoms with E-state index in [-0.39, 0.29) is 22.9 Å². The highest BCUT2D eigenvalue weighted by Crippen LogP contribution is 2.19. The lowest BCUT2D eigenvalue weighted by molar-refractivity contribution is 0.421. The average molecular weight is 383 g/mol. The molecular formula is C17H22N2O4S2. The molecule has 0 aliphatic rings. The summed E-state index contributed by atoms with van der Waals surface area (Å²) in [4.78, 5) is 0.141. The van der Waals surface area contributed by atoms with Gasteiger partial charge in [0.15, 0.2) is 9.84 Å². The molecule has 0 atom stereocenters. The molecule has 0 aromatic heterocycles. The molecule has 0 spiro atoms. The van der Waals surface area contributed by atoms with E-state index < -0.39 is 19.9 Å². The quantitative estimate of drug-likeness (QED) is 0.742. The molecule has 0 heterocycles. The number of hydrogen-bond acceptors (Lipinski definition) is 5. The minimum Gasteiger partial charge on any atom is -0.329 e. The molecule has 0 bridgehead atoms. The summed E-state index contributed by atoms with van der Waals surface area (Å²) in [6, 6.07) is 14.8. The molecule has 0 saturated heterocycles. The van der Waals surface area contributed by atoms with E-state index in [2.05, 4.69) is 0 Å². The van der Waals surface area contributed by atoms with Gasteiger partial charge in [0.25, 0.3) is 0 Å². The normalized spacial score (nSPS) is 12.4. The first kappa shape index (κ1) is 19.6. The highest BCUT2D eigenvalue weighted by atomic mass is 32.2. The topological polar surface area (TPSA) is 97.5 Å². The fraction of sp³-hybridized carbons (Fsp3) is 0.294. The van der Waals surface area contributed by atoms with Crippen molar-refractivity contribution < 1.29 is 16.8 Å². The third kappa shape index (κ3) is 5.12. The van der Waals surface area contributed by atoms with Crippen molar-refractivity contribution in [2.24, 2.45) is 5.73 Å². The molecule has 0 saturated carbocycles. The van der Waals surface area contributed by atoms with Gasteiger partial charge in [0, 0.05) is 25.9 Å². The lowest BCUT2D eigenvalue weighted by Crippen LogP contribution is -2.36. The monoisotopic (exact) mass is 382 g/mol. The zero-order chi connectivity index (χ0) is 18.5. The molecule has 25 heavy (non-hydrogen) atoms. The molecule has 0 unspecified atom stereocenters. The highest BCUT2D eigenvalue weighted by molar-refractivity contribution is 7.90. The Morgan fingerprint density at radius 2 is 1.40 bits per heavy atom. The Bertz CT molecular complexity index is 893. The first-order chi connectivity index (χ1) is 11.7. The number of nitrogens with zero attached hydrogens (tertiary/aromatic N) is 1. The van der Waals surface area contributed by atoms with E-state index >= 15 is 0 Å². The molecule has 8 heteroatoms. The van der Waals surface area contributed by atoms with Gasteiger partial charge in [0.2, 0.25) is 10.0 Å². The molecule has 6 nitrogen and oxygen atoms in total. The third-order valence-corrected chi connectivity index (χ3v) is 6.80. The number of rotatable bonds is 8. The van der Waals surface area contributed by atoms with E-state index in [9.17, 15) is 16.8 Å². The molecule has 0 radical (unpaired) electrons. The number of nitrogens with two attached hydrogens (primary N) is 1. The third-order valence-electron chi connectivity index (χ3n) is 3.76. The maximum atomic E-state index is 12.8. The Kier molecular flexibility index (Phi) is 6.34.